The third kappa shape index (κ3) is 2.31. The number of hydrogen-bond donors (Lipinski definition) is 1. The Morgan fingerprint density at radius 3 is 2.60 bits per heavy atom. The van der Waals surface area contributed by atoms with Crippen molar-refractivity contribution in [1.82, 2.24) is 4.57 Å². The van der Waals surface area contributed by atoms with E-state index >= 15 is 0 Å². The zero-order valence-electron chi connectivity index (χ0n) is 12.0. The van der Waals surface area contributed by atoms with E-state index in [2.05, 4.69) is 6.92 Å². The van der Waals surface area contributed by atoms with Gasteiger partial charge in [0, 0.05) is 18.0 Å². The number of aryl methyl sites for hydroxylation is 1. The highest BCUT2D eigenvalue weighted by molar-refractivity contribution is 5.88. The molecular formula is C15H19NO4. The smallest absolute Gasteiger partial charge is 0.297 e. The van der Waals surface area contributed by atoms with Crippen molar-refractivity contribution in [1.29, 1.82) is 0 Å². The van der Waals surface area contributed by atoms with Crippen LogP contribution in [0.3, 0.4) is 0 Å². The highest BCUT2D eigenvalue weighted by Gasteiger charge is 2.17. The molecule has 1 aromatic heterocycles. The molecule has 0 unspecified atom stereocenters. The number of ether oxygens (including phenoxy) is 2. The molecule has 0 bridgehead atoms. The fourth-order valence-electron chi connectivity index (χ4n) is 2.26. The molecule has 0 fully saturated rings. The molecule has 0 radical (unpaired) electrons. The largest absolute Gasteiger partial charge is 0.500 e. The second kappa shape index (κ2) is 5.86. The number of benzene rings is 1. The van der Waals surface area contributed by atoms with Crippen LogP contribution in [0.5, 0.6) is 17.2 Å². The first-order chi connectivity index (χ1) is 9.63. The molecule has 20 heavy (non-hydrogen) atoms. The van der Waals surface area contributed by atoms with Crippen molar-refractivity contribution in [3.05, 3.63) is 28.6 Å². The summed E-state index contributed by atoms with van der Waals surface area (Å²) in [6, 6.07) is 5.35. The molecule has 0 saturated heterocycles. The van der Waals surface area contributed by atoms with Crippen molar-refractivity contribution >= 4 is 10.9 Å². The summed E-state index contributed by atoms with van der Waals surface area (Å²) in [6.45, 7) is 2.60. The van der Waals surface area contributed by atoms with Gasteiger partial charge in [0.25, 0.3) is 5.56 Å². The quantitative estimate of drug-likeness (QED) is 0.912. The third-order valence-electron chi connectivity index (χ3n) is 3.34. The van der Waals surface area contributed by atoms with Gasteiger partial charge in [-0.15, -0.1) is 0 Å². The van der Waals surface area contributed by atoms with Crippen LogP contribution in [0.1, 0.15) is 19.8 Å². The molecule has 108 valence electrons. The molecular weight excluding hydrogens is 258 g/mol. The van der Waals surface area contributed by atoms with Crippen LogP contribution >= 0.6 is 0 Å². The van der Waals surface area contributed by atoms with Gasteiger partial charge in [-0.25, -0.2) is 0 Å². The highest BCUT2D eigenvalue weighted by Crippen LogP contribution is 2.33. The number of methoxy groups -OCH3 is 2. The summed E-state index contributed by atoms with van der Waals surface area (Å²) < 4.78 is 11.9. The van der Waals surface area contributed by atoms with Crippen LogP contribution in [0.4, 0.5) is 0 Å². The molecule has 1 N–H and O–H groups in total. The number of aromatic hydroxyl groups is 1. The van der Waals surface area contributed by atoms with Crippen LogP contribution in [0.2, 0.25) is 0 Å². The molecule has 1 aromatic carbocycles. The zero-order chi connectivity index (χ0) is 14.7. The van der Waals surface area contributed by atoms with E-state index in [-0.39, 0.29) is 11.5 Å². The number of unbranched alkanes of at least 4 members (excludes halogenated alkanes) is 1. The first kappa shape index (κ1) is 14.2. The summed E-state index contributed by atoms with van der Waals surface area (Å²) in [5.41, 5.74) is 0.272. The number of hydrogen-bond acceptors (Lipinski definition) is 4. The van der Waals surface area contributed by atoms with Gasteiger partial charge in [0.2, 0.25) is 5.75 Å². The van der Waals surface area contributed by atoms with Gasteiger partial charge in [0.05, 0.1) is 19.7 Å². The Hall–Kier alpha value is -2.17. The summed E-state index contributed by atoms with van der Waals surface area (Å²) in [5, 5.41) is 10.7. The summed E-state index contributed by atoms with van der Waals surface area (Å²) >= 11 is 0. The van der Waals surface area contributed by atoms with Crippen LogP contribution in [0, 0.1) is 0 Å². The molecule has 2 aromatic rings. The minimum atomic E-state index is -0.434. The van der Waals surface area contributed by atoms with Crippen molar-refractivity contribution in [3.8, 4) is 17.2 Å². The number of pyridine rings is 1. The molecule has 0 amide bonds. The third-order valence-corrected chi connectivity index (χ3v) is 3.34. The molecule has 0 spiro atoms. The monoisotopic (exact) mass is 277 g/mol. The maximum atomic E-state index is 12.3. The SMILES string of the molecule is CCCCn1c(=O)c(O)c(OC)c2ccc(OC)cc21. The van der Waals surface area contributed by atoms with Crippen molar-refractivity contribution in [2.45, 2.75) is 26.3 Å². The van der Waals surface area contributed by atoms with E-state index in [9.17, 15) is 9.90 Å². The Bertz CT molecular complexity index is 676. The standard InChI is InChI=1S/C15H19NO4/c1-4-5-8-16-12-9-10(19-2)6-7-11(12)14(20-3)13(17)15(16)18/h6-7,9,17H,4-5,8H2,1-3H3. The van der Waals surface area contributed by atoms with Crippen LogP contribution in [-0.4, -0.2) is 23.9 Å². The average Bonchev–Trinajstić information content (AvgIpc) is 2.48. The maximum Gasteiger partial charge on any atom is 0.297 e. The predicted octanol–water partition coefficient (Wildman–Crippen LogP) is 2.52. The second-order valence-electron chi connectivity index (χ2n) is 4.58. The van der Waals surface area contributed by atoms with Gasteiger partial charge in [-0.05, 0) is 18.6 Å². The first-order valence-electron chi connectivity index (χ1n) is 6.61. The molecule has 2 rings (SSSR count). The molecule has 0 aliphatic rings. The molecule has 5 nitrogen and oxygen atoms in total. The van der Waals surface area contributed by atoms with Crippen molar-refractivity contribution in [2.75, 3.05) is 14.2 Å². The van der Waals surface area contributed by atoms with E-state index < -0.39 is 5.56 Å². The molecule has 1 heterocycles. The van der Waals surface area contributed by atoms with E-state index in [1.807, 2.05) is 0 Å². The van der Waals surface area contributed by atoms with Gasteiger partial charge >= 0.3 is 0 Å². The van der Waals surface area contributed by atoms with E-state index in [4.69, 9.17) is 9.47 Å². The van der Waals surface area contributed by atoms with Gasteiger partial charge in [-0.1, -0.05) is 13.3 Å². The van der Waals surface area contributed by atoms with Crippen LogP contribution in [0.25, 0.3) is 10.9 Å². The number of fused-ring (bicyclic) bond motifs is 1. The predicted molar refractivity (Wildman–Crippen MR) is 77.9 cm³/mol. The number of nitrogens with zero attached hydrogens (tertiary/aromatic N) is 1. The van der Waals surface area contributed by atoms with Crippen LogP contribution < -0.4 is 15.0 Å². The van der Waals surface area contributed by atoms with Crippen LogP contribution in [0.15, 0.2) is 23.0 Å². The lowest BCUT2D eigenvalue weighted by molar-refractivity contribution is 0.370. The summed E-state index contributed by atoms with van der Waals surface area (Å²) in [7, 11) is 3.02. The lowest BCUT2D eigenvalue weighted by atomic mass is 10.1. The van der Waals surface area contributed by atoms with E-state index in [1.165, 1.54) is 7.11 Å². The van der Waals surface area contributed by atoms with Gasteiger partial charge in [-0.3, -0.25) is 4.79 Å². The van der Waals surface area contributed by atoms with Gasteiger partial charge in [-0.2, -0.15) is 0 Å². The lowest BCUT2D eigenvalue weighted by Gasteiger charge is -2.15. The zero-order valence-corrected chi connectivity index (χ0v) is 12.0. The minimum Gasteiger partial charge on any atom is -0.500 e. The summed E-state index contributed by atoms with van der Waals surface area (Å²) in [4.78, 5) is 12.3. The Kier molecular flexibility index (Phi) is 4.17. The van der Waals surface area contributed by atoms with Gasteiger partial charge in [0.15, 0.2) is 5.75 Å². The molecule has 0 aliphatic carbocycles. The van der Waals surface area contributed by atoms with E-state index in [0.717, 1.165) is 12.8 Å². The Morgan fingerprint density at radius 1 is 1.25 bits per heavy atom. The fourth-order valence-corrected chi connectivity index (χ4v) is 2.26. The summed E-state index contributed by atoms with van der Waals surface area (Å²) in [6.07, 6.45) is 1.82. The normalized spacial score (nSPS) is 10.8. The lowest BCUT2D eigenvalue weighted by Crippen LogP contribution is -2.21. The average molecular weight is 277 g/mol. The Morgan fingerprint density at radius 2 is 2.00 bits per heavy atom. The van der Waals surface area contributed by atoms with Crippen LogP contribution in [-0.2, 0) is 6.54 Å². The molecule has 0 saturated carbocycles. The first-order valence-corrected chi connectivity index (χ1v) is 6.61. The minimum absolute atomic E-state index is 0.209. The Labute approximate surface area is 117 Å². The van der Waals surface area contributed by atoms with E-state index in [0.29, 0.717) is 23.2 Å². The molecule has 0 atom stereocenters. The Balaban J connectivity index is 2.80. The van der Waals surface area contributed by atoms with Gasteiger partial charge < -0.3 is 19.1 Å². The maximum absolute atomic E-state index is 12.3. The molecule has 0 aliphatic heterocycles. The number of aromatic nitrogens is 1. The fraction of sp³-hybridized carbons (Fsp3) is 0.400. The van der Waals surface area contributed by atoms with Crippen molar-refractivity contribution in [2.24, 2.45) is 0 Å². The highest BCUT2D eigenvalue weighted by atomic mass is 16.5. The topological polar surface area (TPSA) is 60.7 Å². The van der Waals surface area contributed by atoms with Gasteiger partial charge in [0.1, 0.15) is 5.75 Å². The number of rotatable bonds is 5. The van der Waals surface area contributed by atoms with Crippen molar-refractivity contribution < 1.29 is 14.6 Å². The molecule has 5 heteroatoms. The second-order valence-corrected chi connectivity index (χ2v) is 4.58. The van der Waals surface area contributed by atoms with Crippen molar-refractivity contribution in [3.63, 3.8) is 0 Å². The van der Waals surface area contributed by atoms with E-state index in [1.54, 1.807) is 29.9 Å². The summed E-state index contributed by atoms with van der Waals surface area (Å²) in [5.74, 6) is 0.525.